The highest BCUT2D eigenvalue weighted by Gasteiger charge is 2.20. The van der Waals surface area contributed by atoms with Gasteiger partial charge in [-0.15, -0.1) is 0 Å². The van der Waals surface area contributed by atoms with Gasteiger partial charge in [-0.2, -0.15) is 0 Å². The molecule has 0 aliphatic heterocycles. The van der Waals surface area contributed by atoms with Crippen molar-refractivity contribution in [1.82, 2.24) is 5.32 Å². The van der Waals surface area contributed by atoms with Crippen LogP contribution in [0.3, 0.4) is 0 Å². The third-order valence-electron chi connectivity index (χ3n) is 4.03. The summed E-state index contributed by atoms with van der Waals surface area (Å²) in [6.07, 6.45) is 3.32. The summed E-state index contributed by atoms with van der Waals surface area (Å²) in [6.45, 7) is 12.0. The molecule has 0 aromatic heterocycles. The SMILES string of the molecule is CCCNC(CCC(C)(C)OC)c1ccc(C)cc1C. The summed E-state index contributed by atoms with van der Waals surface area (Å²) in [4.78, 5) is 0. The minimum absolute atomic E-state index is 0.0508. The van der Waals surface area contributed by atoms with E-state index in [4.69, 9.17) is 4.74 Å². The maximum absolute atomic E-state index is 5.55. The van der Waals surface area contributed by atoms with Crippen molar-refractivity contribution in [3.05, 3.63) is 34.9 Å². The number of methoxy groups -OCH3 is 1. The van der Waals surface area contributed by atoms with E-state index in [0.29, 0.717) is 6.04 Å². The van der Waals surface area contributed by atoms with Crippen molar-refractivity contribution in [2.75, 3.05) is 13.7 Å². The molecular formula is C18H31NO. The minimum atomic E-state index is -0.0508. The first-order chi connectivity index (χ1) is 9.39. The van der Waals surface area contributed by atoms with Gasteiger partial charge in [0, 0.05) is 13.2 Å². The van der Waals surface area contributed by atoms with E-state index < -0.39 is 0 Å². The van der Waals surface area contributed by atoms with Gasteiger partial charge in [0.1, 0.15) is 0 Å². The third-order valence-corrected chi connectivity index (χ3v) is 4.03. The van der Waals surface area contributed by atoms with Crippen LogP contribution in [0.4, 0.5) is 0 Å². The number of hydrogen-bond donors (Lipinski definition) is 1. The van der Waals surface area contributed by atoms with Gasteiger partial charge in [-0.1, -0.05) is 30.7 Å². The highest BCUT2D eigenvalue weighted by molar-refractivity contribution is 5.32. The monoisotopic (exact) mass is 277 g/mol. The number of benzene rings is 1. The number of rotatable bonds is 8. The zero-order valence-corrected chi connectivity index (χ0v) is 14.0. The average Bonchev–Trinajstić information content (AvgIpc) is 2.40. The summed E-state index contributed by atoms with van der Waals surface area (Å²) in [5, 5.41) is 3.69. The molecule has 0 amide bonds. The third kappa shape index (κ3) is 5.26. The molecule has 1 N–H and O–H groups in total. The molecule has 0 aliphatic carbocycles. The zero-order valence-electron chi connectivity index (χ0n) is 14.0. The lowest BCUT2D eigenvalue weighted by Gasteiger charge is -2.27. The van der Waals surface area contributed by atoms with E-state index in [9.17, 15) is 0 Å². The number of nitrogens with one attached hydrogen (secondary N) is 1. The Balaban J connectivity index is 2.82. The first kappa shape index (κ1) is 17.2. The van der Waals surface area contributed by atoms with Crippen LogP contribution in [0.15, 0.2) is 18.2 Å². The molecule has 0 saturated heterocycles. The van der Waals surface area contributed by atoms with Crippen LogP contribution in [0, 0.1) is 13.8 Å². The Morgan fingerprint density at radius 3 is 2.50 bits per heavy atom. The molecule has 1 rings (SSSR count). The Morgan fingerprint density at radius 1 is 1.25 bits per heavy atom. The van der Waals surface area contributed by atoms with Gasteiger partial charge in [0.25, 0.3) is 0 Å². The maximum Gasteiger partial charge on any atom is 0.0623 e. The smallest absolute Gasteiger partial charge is 0.0623 e. The Kier molecular flexibility index (Phi) is 6.70. The van der Waals surface area contributed by atoms with Crippen LogP contribution in [-0.2, 0) is 4.74 Å². The van der Waals surface area contributed by atoms with Gasteiger partial charge in [-0.05, 0) is 64.6 Å². The van der Waals surface area contributed by atoms with Crippen LogP contribution >= 0.6 is 0 Å². The van der Waals surface area contributed by atoms with Gasteiger partial charge in [0.15, 0.2) is 0 Å². The fourth-order valence-electron chi connectivity index (χ4n) is 2.50. The van der Waals surface area contributed by atoms with Gasteiger partial charge in [-0.25, -0.2) is 0 Å². The summed E-state index contributed by atoms with van der Waals surface area (Å²) in [7, 11) is 1.80. The summed E-state index contributed by atoms with van der Waals surface area (Å²) in [5.41, 5.74) is 4.09. The van der Waals surface area contributed by atoms with E-state index in [1.807, 2.05) is 0 Å². The predicted molar refractivity (Wildman–Crippen MR) is 87.3 cm³/mol. The molecule has 1 aromatic rings. The van der Waals surface area contributed by atoms with Gasteiger partial charge >= 0.3 is 0 Å². The molecule has 0 spiro atoms. The molecule has 0 saturated carbocycles. The highest BCUT2D eigenvalue weighted by Crippen LogP contribution is 2.27. The van der Waals surface area contributed by atoms with Crippen molar-refractivity contribution in [1.29, 1.82) is 0 Å². The van der Waals surface area contributed by atoms with Crippen molar-refractivity contribution in [3.8, 4) is 0 Å². The van der Waals surface area contributed by atoms with E-state index >= 15 is 0 Å². The molecule has 0 aliphatic rings. The van der Waals surface area contributed by atoms with Gasteiger partial charge in [0.2, 0.25) is 0 Å². The quantitative estimate of drug-likeness (QED) is 0.752. The second kappa shape index (κ2) is 7.80. The second-order valence-corrected chi connectivity index (χ2v) is 6.37. The molecule has 2 nitrogen and oxygen atoms in total. The Labute approximate surface area is 124 Å². The van der Waals surface area contributed by atoms with E-state index in [2.05, 4.69) is 58.1 Å². The fourth-order valence-corrected chi connectivity index (χ4v) is 2.50. The summed E-state index contributed by atoms with van der Waals surface area (Å²) in [5.74, 6) is 0. The first-order valence-corrected chi connectivity index (χ1v) is 7.75. The predicted octanol–water partition coefficient (Wildman–Crippen LogP) is 4.55. The molecule has 1 atom stereocenters. The molecule has 2 heteroatoms. The van der Waals surface area contributed by atoms with Gasteiger partial charge in [0.05, 0.1) is 5.60 Å². The van der Waals surface area contributed by atoms with Crippen LogP contribution in [-0.4, -0.2) is 19.3 Å². The lowest BCUT2D eigenvalue weighted by Crippen LogP contribution is -2.28. The average molecular weight is 277 g/mol. The maximum atomic E-state index is 5.55. The first-order valence-electron chi connectivity index (χ1n) is 7.75. The fraction of sp³-hybridized carbons (Fsp3) is 0.667. The molecule has 0 heterocycles. The van der Waals surface area contributed by atoms with E-state index in [1.165, 1.54) is 16.7 Å². The minimum Gasteiger partial charge on any atom is -0.379 e. The Hall–Kier alpha value is -0.860. The number of aryl methyl sites for hydroxylation is 2. The lowest BCUT2D eigenvalue weighted by atomic mass is 9.92. The van der Waals surface area contributed by atoms with E-state index in [-0.39, 0.29) is 5.60 Å². The summed E-state index contributed by atoms with van der Waals surface area (Å²) >= 11 is 0. The Bertz CT molecular complexity index is 412. The van der Waals surface area contributed by atoms with Gasteiger partial charge < -0.3 is 10.1 Å². The van der Waals surface area contributed by atoms with Crippen molar-refractivity contribution >= 4 is 0 Å². The standard InChI is InChI=1S/C18H31NO/c1-7-12-19-17(10-11-18(4,5)20-6)16-9-8-14(2)13-15(16)3/h8-9,13,17,19H,7,10-12H2,1-6H3. The molecule has 0 fully saturated rings. The molecular weight excluding hydrogens is 246 g/mol. The molecule has 114 valence electrons. The van der Waals surface area contributed by atoms with Crippen LogP contribution in [0.1, 0.15) is 62.8 Å². The molecule has 1 aromatic carbocycles. The second-order valence-electron chi connectivity index (χ2n) is 6.37. The highest BCUT2D eigenvalue weighted by atomic mass is 16.5. The van der Waals surface area contributed by atoms with Crippen LogP contribution in [0.2, 0.25) is 0 Å². The van der Waals surface area contributed by atoms with Crippen molar-refractivity contribution in [2.24, 2.45) is 0 Å². The normalized spacial score (nSPS) is 13.5. The van der Waals surface area contributed by atoms with E-state index in [0.717, 1.165) is 25.8 Å². The topological polar surface area (TPSA) is 21.3 Å². The van der Waals surface area contributed by atoms with Crippen molar-refractivity contribution in [2.45, 2.75) is 65.5 Å². The number of ether oxygens (including phenoxy) is 1. The van der Waals surface area contributed by atoms with Crippen LogP contribution in [0.25, 0.3) is 0 Å². The molecule has 0 radical (unpaired) electrons. The molecule has 20 heavy (non-hydrogen) atoms. The summed E-state index contributed by atoms with van der Waals surface area (Å²) in [6, 6.07) is 7.18. The van der Waals surface area contributed by atoms with Crippen molar-refractivity contribution < 1.29 is 4.74 Å². The van der Waals surface area contributed by atoms with E-state index in [1.54, 1.807) is 7.11 Å². The lowest BCUT2D eigenvalue weighted by molar-refractivity contribution is 0.0116. The Morgan fingerprint density at radius 2 is 1.95 bits per heavy atom. The molecule has 0 bridgehead atoms. The largest absolute Gasteiger partial charge is 0.379 e. The van der Waals surface area contributed by atoms with Crippen LogP contribution in [0.5, 0.6) is 0 Å². The number of hydrogen-bond acceptors (Lipinski definition) is 2. The van der Waals surface area contributed by atoms with Crippen molar-refractivity contribution in [3.63, 3.8) is 0 Å². The van der Waals surface area contributed by atoms with Crippen LogP contribution < -0.4 is 5.32 Å². The molecule has 1 unspecified atom stereocenters. The summed E-state index contributed by atoms with van der Waals surface area (Å²) < 4.78 is 5.55. The van der Waals surface area contributed by atoms with Gasteiger partial charge in [-0.3, -0.25) is 0 Å². The zero-order chi connectivity index (χ0) is 15.2.